The summed E-state index contributed by atoms with van der Waals surface area (Å²) in [7, 11) is 0. The third-order valence-electron chi connectivity index (χ3n) is 4.35. The van der Waals surface area contributed by atoms with E-state index in [4.69, 9.17) is 14.9 Å². The van der Waals surface area contributed by atoms with Gasteiger partial charge in [-0.2, -0.15) is 0 Å². The molecule has 7 heteroatoms. The number of ether oxygens (including phenoxy) is 1. The largest absolute Gasteiger partial charge is 0.465 e. The van der Waals surface area contributed by atoms with E-state index in [1.54, 1.807) is 0 Å². The number of nitrogens with zero attached hydrogens (tertiary/aromatic N) is 2. The van der Waals surface area contributed by atoms with E-state index >= 15 is 0 Å². The Morgan fingerprint density at radius 1 is 1.28 bits per heavy atom. The Labute approximate surface area is 168 Å². The molecule has 0 amide bonds. The van der Waals surface area contributed by atoms with Gasteiger partial charge in [-0.3, -0.25) is 9.89 Å². The highest BCUT2D eigenvalue weighted by Crippen LogP contribution is 2.24. The summed E-state index contributed by atoms with van der Waals surface area (Å²) in [6.45, 7) is 8.96. The Balaban J connectivity index is 0.00000312. The van der Waals surface area contributed by atoms with Gasteiger partial charge in [-0.1, -0.05) is 26.2 Å². The Kier molecular flexibility index (Phi) is 11.2. The molecule has 0 aromatic carbocycles. The Morgan fingerprint density at radius 3 is 2.68 bits per heavy atom. The van der Waals surface area contributed by atoms with Gasteiger partial charge >= 0.3 is 0 Å². The topological polar surface area (TPSA) is 76.0 Å². The lowest BCUT2D eigenvalue weighted by molar-refractivity contribution is 0.0135. The number of guanidine groups is 1. The van der Waals surface area contributed by atoms with E-state index in [9.17, 15) is 0 Å². The summed E-state index contributed by atoms with van der Waals surface area (Å²) in [4.78, 5) is 6.90. The van der Waals surface area contributed by atoms with Crippen molar-refractivity contribution in [1.29, 1.82) is 0 Å². The molecule has 1 aromatic heterocycles. The summed E-state index contributed by atoms with van der Waals surface area (Å²) in [6.07, 6.45) is 4.89. The van der Waals surface area contributed by atoms with Crippen LogP contribution < -0.4 is 11.1 Å². The van der Waals surface area contributed by atoms with Crippen molar-refractivity contribution >= 4 is 29.9 Å². The zero-order valence-corrected chi connectivity index (χ0v) is 17.8. The molecule has 0 spiro atoms. The first kappa shape index (κ1) is 22.2. The average Bonchev–Trinajstić information content (AvgIpc) is 3.02. The summed E-state index contributed by atoms with van der Waals surface area (Å²) < 4.78 is 11.3. The molecule has 1 fully saturated rings. The summed E-state index contributed by atoms with van der Waals surface area (Å²) in [5.74, 6) is 2.40. The normalized spacial score (nSPS) is 17.1. The fraction of sp³-hybridized carbons (Fsp3) is 0.722. The van der Waals surface area contributed by atoms with Crippen molar-refractivity contribution in [3.63, 3.8) is 0 Å². The van der Waals surface area contributed by atoms with Gasteiger partial charge in [0, 0.05) is 19.6 Å². The summed E-state index contributed by atoms with van der Waals surface area (Å²) in [5.41, 5.74) is 6.01. The molecule has 1 unspecified atom stereocenters. The standard InChI is InChI=1S/C18H32N4O2.HI/c1-3-4-5-6-9-20-18(19)21-14-16(17-8-7-15(2)24-17)22-10-12-23-13-11-22;/h7-8,16H,3-6,9-14H2,1-2H3,(H3,19,20,21);1H. The molecule has 1 saturated heterocycles. The van der Waals surface area contributed by atoms with Gasteiger partial charge in [0.25, 0.3) is 0 Å². The quantitative estimate of drug-likeness (QED) is 0.254. The summed E-state index contributed by atoms with van der Waals surface area (Å²) >= 11 is 0. The van der Waals surface area contributed by atoms with E-state index in [1.807, 2.05) is 19.1 Å². The molecule has 1 atom stereocenters. The maximum atomic E-state index is 6.01. The van der Waals surface area contributed by atoms with Crippen LogP contribution >= 0.6 is 24.0 Å². The number of nitrogens with one attached hydrogen (secondary N) is 1. The van der Waals surface area contributed by atoms with Gasteiger partial charge in [-0.05, 0) is 25.5 Å². The molecular formula is C18H33IN4O2. The van der Waals surface area contributed by atoms with Gasteiger partial charge in [0.05, 0.1) is 25.8 Å². The van der Waals surface area contributed by atoms with E-state index < -0.39 is 0 Å². The van der Waals surface area contributed by atoms with Gasteiger partial charge < -0.3 is 20.2 Å². The van der Waals surface area contributed by atoms with Gasteiger partial charge in [0.1, 0.15) is 11.5 Å². The van der Waals surface area contributed by atoms with Crippen LogP contribution in [0, 0.1) is 6.92 Å². The number of rotatable bonds is 9. The highest BCUT2D eigenvalue weighted by Gasteiger charge is 2.25. The molecule has 1 aliphatic heterocycles. The average molecular weight is 464 g/mol. The number of furan rings is 1. The van der Waals surface area contributed by atoms with Crippen LogP contribution in [0.5, 0.6) is 0 Å². The maximum absolute atomic E-state index is 6.01. The number of unbranched alkanes of at least 4 members (excludes halogenated alkanes) is 3. The monoisotopic (exact) mass is 464 g/mol. The first-order valence-corrected chi connectivity index (χ1v) is 9.12. The zero-order chi connectivity index (χ0) is 17.2. The Morgan fingerprint density at radius 2 is 2.04 bits per heavy atom. The molecular weight excluding hydrogens is 431 g/mol. The molecule has 1 aliphatic rings. The number of aryl methyl sites for hydroxylation is 1. The van der Waals surface area contributed by atoms with E-state index in [2.05, 4.69) is 22.1 Å². The molecule has 25 heavy (non-hydrogen) atoms. The second-order valence-electron chi connectivity index (χ2n) is 6.33. The second kappa shape index (κ2) is 12.5. The van der Waals surface area contributed by atoms with Crippen LogP contribution in [0.1, 0.15) is 50.2 Å². The molecule has 0 saturated carbocycles. The molecule has 3 N–H and O–H groups in total. The number of nitrogens with two attached hydrogens (primary N) is 1. The van der Waals surface area contributed by atoms with E-state index in [-0.39, 0.29) is 30.0 Å². The predicted octanol–water partition coefficient (Wildman–Crippen LogP) is 3.06. The van der Waals surface area contributed by atoms with Crippen molar-refractivity contribution in [2.45, 2.75) is 45.6 Å². The van der Waals surface area contributed by atoms with Crippen LogP contribution in [-0.2, 0) is 4.74 Å². The lowest BCUT2D eigenvalue weighted by Gasteiger charge is -2.32. The Bertz CT molecular complexity index is 501. The minimum Gasteiger partial charge on any atom is -0.465 e. The van der Waals surface area contributed by atoms with Crippen LogP contribution in [0.3, 0.4) is 0 Å². The molecule has 0 radical (unpaired) electrons. The first-order valence-electron chi connectivity index (χ1n) is 9.12. The van der Waals surface area contributed by atoms with E-state index in [1.165, 1.54) is 19.3 Å². The number of hydrogen-bond acceptors (Lipinski definition) is 4. The smallest absolute Gasteiger partial charge is 0.188 e. The fourth-order valence-electron chi connectivity index (χ4n) is 2.92. The summed E-state index contributed by atoms with van der Waals surface area (Å²) in [5, 5.41) is 3.21. The zero-order valence-electron chi connectivity index (χ0n) is 15.5. The minimum atomic E-state index is 0. The number of hydrogen-bond donors (Lipinski definition) is 2. The van der Waals surface area contributed by atoms with Gasteiger partial charge in [-0.25, -0.2) is 0 Å². The van der Waals surface area contributed by atoms with Crippen LogP contribution in [0.25, 0.3) is 0 Å². The van der Waals surface area contributed by atoms with E-state index in [0.717, 1.165) is 50.8 Å². The van der Waals surface area contributed by atoms with Crippen LogP contribution in [0.4, 0.5) is 0 Å². The van der Waals surface area contributed by atoms with Gasteiger partial charge in [-0.15, -0.1) is 24.0 Å². The molecule has 6 nitrogen and oxygen atoms in total. The molecule has 2 rings (SSSR count). The highest BCUT2D eigenvalue weighted by molar-refractivity contribution is 14.0. The van der Waals surface area contributed by atoms with E-state index in [0.29, 0.717) is 12.5 Å². The Hall–Kier alpha value is -0.800. The fourth-order valence-corrected chi connectivity index (χ4v) is 2.92. The SMILES string of the molecule is CCCCCCNC(N)=NCC(c1ccc(C)o1)N1CCOCC1.I. The van der Waals surface area contributed by atoms with Crippen molar-refractivity contribution in [2.24, 2.45) is 10.7 Å². The number of morpholine rings is 1. The predicted molar refractivity (Wildman–Crippen MR) is 113 cm³/mol. The number of aliphatic imine (C=N–C) groups is 1. The van der Waals surface area contributed by atoms with Gasteiger partial charge in [0.2, 0.25) is 0 Å². The van der Waals surface area contributed by atoms with Crippen LogP contribution in [-0.4, -0.2) is 50.3 Å². The molecule has 0 bridgehead atoms. The van der Waals surface area contributed by atoms with Crippen LogP contribution in [0.2, 0.25) is 0 Å². The molecule has 0 aliphatic carbocycles. The molecule has 1 aromatic rings. The third kappa shape index (κ3) is 7.96. The van der Waals surface area contributed by atoms with Crippen molar-refractivity contribution in [2.75, 3.05) is 39.4 Å². The first-order chi connectivity index (χ1) is 11.7. The van der Waals surface area contributed by atoms with Crippen molar-refractivity contribution < 1.29 is 9.15 Å². The number of halogens is 1. The van der Waals surface area contributed by atoms with Crippen molar-refractivity contribution in [3.05, 3.63) is 23.7 Å². The van der Waals surface area contributed by atoms with Crippen molar-refractivity contribution in [1.82, 2.24) is 10.2 Å². The maximum Gasteiger partial charge on any atom is 0.188 e. The highest BCUT2D eigenvalue weighted by atomic mass is 127. The lowest BCUT2D eigenvalue weighted by atomic mass is 10.1. The second-order valence-corrected chi connectivity index (χ2v) is 6.33. The van der Waals surface area contributed by atoms with Crippen molar-refractivity contribution in [3.8, 4) is 0 Å². The van der Waals surface area contributed by atoms with Gasteiger partial charge in [0.15, 0.2) is 5.96 Å². The lowest BCUT2D eigenvalue weighted by Crippen LogP contribution is -2.41. The van der Waals surface area contributed by atoms with Crippen LogP contribution in [0.15, 0.2) is 21.5 Å². The molecule has 144 valence electrons. The summed E-state index contributed by atoms with van der Waals surface area (Å²) in [6, 6.07) is 4.16. The minimum absolute atomic E-state index is 0. The molecule has 2 heterocycles. The third-order valence-corrected chi connectivity index (χ3v) is 4.35.